The van der Waals surface area contributed by atoms with Crippen LogP contribution in [-0.2, 0) is 10.0 Å². The molecule has 3 aromatic heterocycles. The second-order valence-electron chi connectivity index (χ2n) is 9.90. The molecule has 6 aromatic rings. The maximum atomic E-state index is 13.7. The van der Waals surface area contributed by atoms with Crippen LogP contribution in [0.4, 0.5) is 10.1 Å². The number of nitrogens with zero attached hydrogens (tertiary/aromatic N) is 3. The largest absolute Gasteiger partial charge is 0.496 e. The molecule has 224 valence electrons. The number of furan rings is 1. The first kappa shape index (κ1) is 29.1. The van der Waals surface area contributed by atoms with Gasteiger partial charge in [-0.15, -0.1) is 0 Å². The third kappa shape index (κ3) is 5.12. The molecular formula is C31H24ClFN4O6S. The van der Waals surface area contributed by atoms with E-state index in [1.165, 1.54) is 51.7 Å². The van der Waals surface area contributed by atoms with Gasteiger partial charge in [-0.2, -0.15) is 0 Å². The number of rotatable bonds is 7. The summed E-state index contributed by atoms with van der Waals surface area (Å²) in [6, 6.07) is 15.6. The molecule has 0 saturated carbocycles. The van der Waals surface area contributed by atoms with Crippen molar-refractivity contribution in [1.82, 2.24) is 15.3 Å². The molecule has 13 heteroatoms. The van der Waals surface area contributed by atoms with E-state index in [9.17, 15) is 17.6 Å². The lowest BCUT2D eigenvalue weighted by Gasteiger charge is -2.21. The molecule has 0 spiro atoms. The summed E-state index contributed by atoms with van der Waals surface area (Å²) in [7, 11) is 0.672. The molecule has 44 heavy (non-hydrogen) atoms. The van der Waals surface area contributed by atoms with Gasteiger partial charge in [0.1, 0.15) is 28.4 Å². The first-order valence-electron chi connectivity index (χ1n) is 13.1. The summed E-state index contributed by atoms with van der Waals surface area (Å²) in [6.45, 7) is 0. The number of anilines is 1. The van der Waals surface area contributed by atoms with Crippen LogP contribution in [0.1, 0.15) is 10.4 Å². The summed E-state index contributed by atoms with van der Waals surface area (Å²) in [6.07, 6.45) is 2.53. The molecule has 0 fully saturated rings. The molecule has 0 unspecified atom stereocenters. The van der Waals surface area contributed by atoms with Gasteiger partial charge in [-0.3, -0.25) is 9.10 Å². The highest BCUT2D eigenvalue weighted by Crippen LogP contribution is 2.43. The molecule has 0 bridgehead atoms. The quantitative estimate of drug-likeness (QED) is 0.210. The van der Waals surface area contributed by atoms with Crippen LogP contribution in [0.15, 0.2) is 75.7 Å². The summed E-state index contributed by atoms with van der Waals surface area (Å²) in [5, 5.41) is 3.45. The van der Waals surface area contributed by atoms with E-state index in [-0.39, 0.29) is 34.2 Å². The topological polar surface area (TPSA) is 128 Å². The molecule has 10 nitrogen and oxygen atoms in total. The van der Waals surface area contributed by atoms with Crippen molar-refractivity contribution in [3.63, 3.8) is 0 Å². The van der Waals surface area contributed by atoms with Gasteiger partial charge in [0.25, 0.3) is 5.91 Å². The summed E-state index contributed by atoms with van der Waals surface area (Å²) < 4.78 is 58.0. The van der Waals surface area contributed by atoms with Crippen LogP contribution >= 0.6 is 11.6 Å². The van der Waals surface area contributed by atoms with Crippen molar-refractivity contribution in [3.05, 3.63) is 83.3 Å². The SMILES string of the molecule is CNC(=O)c1c(-c2ccc(F)cc2)oc2cc(N(C)S(C)(=O)=O)c(-c3ccc(OC)c(-c4nc5cc(Cl)cnc5o4)c3)cc12. The highest BCUT2D eigenvalue weighted by atomic mass is 35.5. The third-order valence-electron chi connectivity index (χ3n) is 7.16. The second-order valence-corrected chi connectivity index (χ2v) is 12.4. The Hall–Kier alpha value is -4.94. The molecule has 0 saturated heterocycles. The zero-order valence-corrected chi connectivity index (χ0v) is 25.4. The highest BCUT2D eigenvalue weighted by molar-refractivity contribution is 7.92. The first-order chi connectivity index (χ1) is 21.0. The van der Waals surface area contributed by atoms with Crippen molar-refractivity contribution in [2.75, 3.05) is 31.8 Å². The summed E-state index contributed by atoms with van der Waals surface area (Å²) >= 11 is 6.09. The molecular weight excluding hydrogens is 611 g/mol. The van der Waals surface area contributed by atoms with Crippen molar-refractivity contribution in [2.45, 2.75) is 0 Å². The Morgan fingerprint density at radius 3 is 2.43 bits per heavy atom. The normalized spacial score (nSPS) is 11.7. The van der Waals surface area contributed by atoms with E-state index >= 15 is 0 Å². The maximum absolute atomic E-state index is 13.7. The zero-order valence-electron chi connectivity index (χ0n) is 23.8. The van der Waals surface area contributed by atoms with Crippen LogP contribution in [0.3, 0.4) is 0 Å². The average Bonchev–Trinajstić information content (AvgIpc) is 3.60. The number of methoxy groups -OCH3 is 1. The molecule has 1 amide bonds. The van der Waals surface area contributed by atoms with Gasteiger partial charge >= 0.3 is 0 Å². The standard InChI is InChI=1S/C31H24ClFN4O6S/c1-34-29(38)27-21-13-20(17-7-10-25(41-3)22(11-17)30-36-23-12-18(32)15-35-31(23)43-30)24(37(2)44(4,39)40)14-26(21)42-28(27)16-5-8-19(33)9-6-16/h5-15H,1-4H3,(H,34,38). The van der Waals surface area contributed by atoms with Gasteiger partial charge in [0.05, 0.1) is 35.2 Å². The number of amides is 1. The number of oxazole rings is 1. The van der Waals surface area contributed by atoms with Crippen LogP contribution in [-0.4, -0.2) is 51.8 Å². The lowest BCUT2D eigenvalue weighted by atomic mass is 9.97. The number of hydrogen-bond acceptors (Lipinski definition) is 8. The third-order valence-corrected chi connectivity index (χ3v) is 8.56. The van der Waals surface area contributed by atoms with Gasteiger partial charge in [-0.1, -0.05) is 17.7 Å². The van der Waals surface area contributed by atoms with Gasteiger partial charge in [0.2, 0.25) is 21.6 Å². The lowest BCUT2D eigenvalue weighted by molar-refractivity contribution is 0.0964. The van der Waals surface area contributed by atoms with Gasteiger partial charge in [-0.25, -0.2) is 22.8 Å². The van der Waals surface area contributed by atoms with Crippen molar-refractivity contribution >= 4 is 55.4 Å². The predicted molar refractivity (Wildman–Crippen MR) is 166 cm³/mol. The number of nitrogens with one attached hydrogen (secondary N) is 1. The fourth-order valence-corrected chi connectivity index (χ4v) is 5.57. The molecule has 0 atom stereocenters. The zero-order chi connectivity index (χ0) is 31.3. The van der Waals surface area contributed by atoms with E-state index in [2.05, 4.69) is 15.3 Å². The minimum atomic E-state index is -3.74. The van der Waals surface area contributed by atoms with Crippen LogP contribution in [0.5, 0.6) is 5.75 Å². The Kier molecular flexibility index (Phi) is 7.26. The maximum Gasteiger partial charge on any atom is 0.255 e. The van der Waals surface area contributed by atoms with E-state index < -0.39 is 21.7 Å². The molecule has 0 aliphatic rings. The van der Waals surface area contributed by atoms with Crippen molar-refractivity contribution in [1.29, 1.82) is 0 Å². The number of fused-ring (bicyclic) bond motifs is 2. The van der Waals surface area contributed by atoms with Gasteiger partial charge < -0.3 is 18.9 Å². The summed E-state index contributed by atoms with van der Waals surface area (Å²) in [5.41, 5.74) is 3.43. The minimum Gasteiger partial charge on any atom is -0.496 e. The smallest absolute Gasteiger partial charge is 0.255 e. The number of hydrogen-bond donors (Lipinski definition) is 1. The Morgan fingerprint density at radius 2 is 1.75 bits per heavy atom. The fraction of sp³-hybridized carbons (Fsp3) is 0.129. The van der Waals surface area contributed by atoms with Crippen LogP contribution < -0.4 is 14.4 Å². The van der Waals surface area contributed by atoms with E-state index in [0.29, 0.717) is 43.9 Å². The second kappa shape index (κ2) is 11.0. The monoisotopic (exact) mass is 634 g/mol. The van der Waals surface area contributed by atoms with Gasteiger partial charge in [0.15, 0.2) is 0 Å². The number of aromatic nitrogens is 2. The lowest BCUT2D eigenvalue weighted by Crippen LogP contribution is -2.25. The number of carbonyl (C=O) groups excluding carboxylic acids is 1. The minimum absolute atomic E-state index is 0.206. The Labute approximate surface area is 256 Å². The highest BCUT2D eigenvalue weighted by Gasteiger charge is 2.26. The first-order valence-corrected chi connectivity index (χ1v) is 15.3. The number of benzene rings is 3. The number of carbonyl (C=O) groups is 1. The average molecular weight is 635 g/mol. The molecule has 3 heterocycles. The summed E-state index contributed by atoms with van der Waals surface area (Å²) in [4.78, 5) is 21.9. The number of ether oxygens (including phenoxy) is 1. The van der Waals surface area contributed by atoms with Crippen molar-refractivity contribution in [3.8, 4) is 39.7 Å². The van der Waals surface area contributed by atoms with E-state index in [1.807, 2.05) is 0 Å². The molecule has 0 aliphatic carbocycles. The number of sulfonamides is 1. The van der Waals surface area contributed by atoms with Gasteiger partial charge in [-0.05, 0) is 54.1 Å². The fourth-order valence-electron chi connectivity index (χ4n) is 4.91. The molecule has 3 aromatic carbocycles. The van der Waals surface area contributed by atoms with Crippen LogP contribution in [0.2, 0.25) is 5.02 Å². The number of pyridine rings is 1. The Bertz CT molecular complexity index is 2200. The van der Waals surface area contributed by atoms with Crippen LogP contribution in [0, 0.1) is 5.82 Å². The molecule has 0 aliphatic heterocycles. The van der Waals surface area contributed by atoms with E-state index in [1.54, 1.807) is 36.4 Å². The van der Waals surface area contributed by atoms with Crippen molar-refractivity contribution in [2.24, 2.45) is 0 Å². The molecule has 1 N–H and O–H groups in total. The van der Waals surface area contributed by atoms with Crippen LogP contribution in [0.25, 0.3) is 56.1 Å². The van der Waals surface area contributed by atoms with Crippen molar-refractivity contribution < 1.29 is 31.2 Å². The summed E-state index contributed by atoms with van der Waals surface area (Å²) in [5.74, 6) is -0.0263. The van der Waals surface area contributed by atoms with E-state index in [4.69, 9.17) is 25.2 Å². The Morgan fingerprint density at radius 1 is 1.02 bits per heavy atom. The van der Waals surface area contributed by atoms with E-state index in [0.717, 1.165) is 10.6 Å². The van der Waals surface area contributed by atoms with Gasteiger partial charge in [0, 0.05) is 42.9 Å². The molecule has 6 rings (SSSR count). The molecule has 0 radical (unpaired) electrons. The predicted octanol–water partition coefficient (Wildman–Crippen LogP) is 6.53. The number of halogens is 2. The Balaban J connectivity index is 1.63.